The molecule has 1 aliphatic carbocycles. The lowest BCUT2D eigenvalue weighted by Crippen LogP contribution is -2.26. The Morgan fingerprint density at radius 2 is 2.12 bits per heavy atom. The highest BCUT2D eigenvalue weighted by molar-refractivity contribution is 5.99. The van der Waals surface area contributed by atoms with Gasteiger partial charge in [-0.2, -0.15) is 0 Å². The minimum absolute atomic E-state index is 0.0114. The van der Waals surface area contributed by atoms with Crippen molar-refractivity contribution in [2.45, 2.75) is 25.8 Å². The summed E-state index contributed by atoms with van der Waals surface area (Å²) in [6, 6.07) is 7.96. The molecule has 0 saturated heterocycles. The number of nitrogens with one attached hydrogen (secondary N) is 2. The number of rotatable bonds is 5. The highest BCUT2D eigenvalue weighted by Gasteiger charge is 2.24. The molecule has 17 heavy (non-hydrogen) atoms. The Kier molecular flexibility index (Phi) is 3.47. The molecule has 1 aromatic rings. The van der Waals surface area contributed by atoms with E-state index in [2.05, 4.69) is 17.2 Å². The molecule has 2 rings (SSSR count). The Hall–Kier alpha value is -1.77. The van der Waals surface area contributed by atoms with Crippen molar-refractivity contribution in [2.75, 3.05) is 11.9 Å². The molecule has 0 spiro atoms. The van der Waals surface area contributed by atoms with Crippen molar-refractivity contribution in [2.24, 2.45) is 0 Å². The number of carbonyl (C=O) groups is 1. The van der Waals surface area contributed by atoms with Gasteiger partial charge in [-0.25, -0.2) is 0 Å². The van der Waals surface area contributed by atoms with Gasteiger partial charge in [0.2, 0.25) is 0 Å². The van der Waals surface area contributed by atoms with Gasteiger partial charge in [0.1, 0.15) is 0 Å². The van der Waals surface area contributed by atoms with Gasteiger partial charge in [-0.15, -0.1) is 0 Å². The summed E-state index contributed by atoms with van der Waals surface area (Å²) in [4.78, 5) is 12.0. The minimum Gasteiger partial charge on any atom is -0.381 e. The number of para-hydroxylation sites is 1. The van der Waals surface area contributed by atoms with Gasteiger partial charge in [-0.3, -0.25) is 4.79 Å². The van der Waals surface area contributed by atoms with E-state index in [9.17, 15) is 4.79 Å². The molecule has 0 unspecified atom stereocenters. The Morgan fingerprint density at radius 3 is 2.76 bits per heavy atom. The fraction of sp³-hybridized carbons (Fsp3) is 0.357. The van der Waals surface area contributed by atoms with Gasteiger partial charge in [0.15, 0.2) is 0 Å². The summed E-state index contributed by atoms with van der Waals surface area (Å²) in [6.45, 7) is 6.49. The van der Waals surface area contributed by atoms with Crippen molar-refractivity contribution in [3.63, 3.8) is 0 Å². The van der Waals surface area contributed by atoms with E-state index in [0.29, 0.717) is 18.2 Å². The lowest BCUT2D eigenvalue weighted by Gasteiger charge is -2.11. The lowest BCUT2D eigenvalue weighted by atomic mass is 10.1. The molecule has 0 aromatic heterocycles. The number of benzene rings is 1. The first-order valence-corrected chi connectivity index (χ1v) is 5.95. The molecule has 0 heterocycles. The topological polar surface area (TPSA) is 41.1 Å². The van der Waals surface area contributed by atoms with E-state index >= 15 is 0 Å². The summed E-state index contributed by atoms with van der Waals surface area (Å²) in [5.41, 5.74) is 2.62. The highest BCUT2D eigenvalue weighted by atomic mass is 16.1. The van der Waals surface area contributed by atoms with Crippen LogP contribution in [0.4, 0.5) is 5.69 Å². The van der Waals surface area contributed by atoms with Gasteiger partial charge in [-0.1, -0.05) is 24.3 Å². The van der Waals surface area contributed by atoms with Crippen LogP contribution in [0, 0.1) is 0 Å². The van der Waals surface area contributed by atoms with Crippen LogP contribution in [0.3, 0.4) is 0 Å². The summed E-state index contributed by atoms with van der Waals surface area (Å²) >= 11 is 0. The number of amides is 1. The van der Waals surface area contributed by atoms with Crippen LogP contribution < -0.4 is 10.6 Å². The van der Waals surface area contributed by atoms with Crippen LogP contribution in [0.1, 0.15) is 30.1 Å². The first kappa shape index (κ1) is 11.7. The fourth-order valence-electron chi connectivity index (χ4n) is 1.57. The standard InChI is InChI=1S/C14H18N2O/c1-10(2)9-15-13-6-4-3-5-12(13)14(17)16-11-7-8-11/h3-6,11,15H,1,7-9H2,2H3,(H,16,17). The van der Waals surface area contributed by atoms with Crippen molar-refractivity contribution < 1.29 is 4.79 Å². The molecule has 1 aliphatic rings. The first-order chi connectivity index (χ1) is 8.16. The summed E-state index contributed by atoms with van der Waals surface area (Å²) in [5.74, 6) is 0.0114. The van der Waals surface area contributed by atoms with Crippen molar-refractivity contribution in [3.05, 3.63) is 42.0 Å². The molecule has 2 N–H and O–H groups in total. The van der Waals surface area contributed by atoms with E-state index in [1.807, 2.05) is 31.2 Å². The lowest BCUT2D eigenvalue weighted by molar-refractivity contribution is 0.0952. The molecule has 1 saturated carbocycles. The molecule has 3 nitrogen and oxygen atoms in total. The molecule has 3 heteroatoms. The third-order valence-corrected chi connectivity index (χ3v) is 2.66. The predicted octanol–water partition coefficient (Wildman–Crippen LogP) is 2.57. The zero-order valence-corrected chi connectivity index (χ0v) is 10.1. The van der Waals surface area contributed by atoms with E-state index in [1.165, 1.54) is 0 Å². The smallest absolute Gasteiger partial charge is 0.253 e. The average Bonchev–Trinajstić information content (AvgIpc) is 3.10. The van der Waals surface area contributed by atoms with Gasteiger partial charge in [-0.05, 0) is 31.9 Å². The Labute approximate surface area is 102 Å². The van der Waals surface area contributed by atoms with E-state index < -0.39 is 0 Å². The van der Waals surface area contributed by atoms with Gasteiger partial charge in [0, 0.05) is 18.3 Å². The van der Waals surface area contributed by atoms with Crippen molar-refractivity contribution in [3.8, 4) is 0 Å². The quantitative estimate of drug-likeness (QED) is 0.763. The minimum atomic E-state index is 0.0114. The molecule has 1 aromatic carbocycles. The second-order valence-electron chi connectivity index (χ2n) is 4.60. The van der Waals surface area contributed by atoms with Crippen LogP contribution in [0.5, 0.6) is 0 Å². The third kappa shape index (κ3) is 3.34. The van der Waals surface area contributed by atoms with E-state index in [1.54, 1.807) is 0 Å². The van der Waals surface area contributed by atoms with Crippen LogP contribution in [-0.2, 0) is 0 Å². The second-order valence-corrected chi connectivity index (χ2v) is 4.60. The summed E-state index contributed by atoms with van der Waals surface area (Å²) in [5, 5.41) is 6.22. The molecule has 0 aliphatic heterocycles. The summed E-state index contributed by atoms with van der Waals surface area (Å²) in [7, 11) is 0. The molecular weight excluding hydrogens is 212 g/mol. The van der Waals surface area contributed by atoms with Crippen LogP contribution in [0.2, 0.25) is 0 Å². The van der Waals surface area contributed by atoms with Crippen molar-refractivity contribution in [1.82, 2.24) is 5.32 Å². The number of hydrogen-bond donors (Lipinski definition) is 2. The molecule has 0 radical (unpaired) electrons. The van der Waals surface area contributed by atoms with Gasteiger partial charge >= 0.3 is 0 Å². The Morgan fingerprint density at radius 1 is 1.41 bits per heavy atom. The molecular formula is C14H18N2O. The van der Waals surface area contributed by atoms with Crippen LogP contribution in [0.15, 0.2) is 36.4 Å². The number of hydrogen-bond acceptors (Lipinski definition) is 2. The first-order valence-electron chi connectivity index (χ1n) is 5.95. The Bertz CT molecular complexity index is 436. The van der Waals surface area contributed by atoms with Crippen molar-refractivity contribution in [1.29, 1.82) is 0 Å². The van der Waals surface area contributed by atoms with E-state index in [-0.39, 0.29) is 5.91 Å². The molecule has 1 amide bonds. The maximum atomic E-state index is 12.0. The molecule has 0 atom stereocenters. The third-order valence-electron chi connectivity index (χ3n) is 2.66. The maximum absolute atomic E-state index is 12.0. The SMILES string of the molecule is C=C(C)CNc1ccccc1C(=O)NC1CC1. The average molecular weight is 230 g/mol. The molecule has 1 fully saturated rings. The normalized spacial score (nSPS) is 14.2. The summed E-state index contributed by atoms with van der Waals surface area (Å²) < 4.78 is 0. The van der Waals surface area contributed by atoms with Crippen LogP contribution >= 0.6 is 0 Å². The predicted molar refractivity (Wildman–Crippen MR) is 70.2 cm³/mol. The number of carbonyl (C=O) groups excluding carboxylic acids is 1. The summed E-state index contributed by atoms with van der Waals surface area (Å²) in [6.07, 6.45) is 2.21. The maximum Gasteiger partial charge on any atom is 0.253 e. The Balaban J connectivity index is 2.08. The number of anilines is 1. The van der Waals surface area contributed by atoms with Crippen LogP contribution in [-0.4, -0.2) is 18.5 Å². The van der Waals surface area contributed by atoms with Crippen molar-refractivity contribution >= 4 is 11.6 Å². The fourth-order valence-corrected chi connectivity index (χ4v) is 1.57. The van der Waals surface area contributed by atoms with Gasteiger partial charge < -0.3 is 10.6 Å². The van der Waals surface area contributed by atoms with E-state index in [4.69, 9.17) is 0 Å². The van der Waals surface area contributed by atoms with Gasteiger partial charge in [0.25, 0.3) is 5.91 Å². The second kappa shape index (κ2) is 5.04. The molecule has 0 bridgehead atoms. The van der Waals surface area contributed by atoms with Crippen LogP contribution in [0.25, 0.3) is 0 Å². The molecule has 90 valence electrons. The van der Waals surface area contributed by atoms with Gasteiger partial charge in [0.05, 0.1) is 5.56 Å². The zero-order valence-electron chi connectivity index (χ0n) is 10.1. The highest BCUT2D eigenvalue weighted by Crippen LogP contribution is 2.21. The largest absolute Gasteiger partial charge is 0.381 e. The van der Waals surface area contributed by atoms with E-state index in [0.717, 1.165) is 24.1 Å². The monoisotopic (exact) mass is 230 g/mol. The zero-order chi connectivity index (χ0) is 12.3.